The zero-order valence-corrected chi connectivity index (χ0v) is 10.7. The van der Waals surface area contributed by atoms with Gasteiger partial charge in [0.25, 0.3) is 0 Å². The van der Waals surface area contributed by atoms with Gasteiger partial charge in [0.15, 0.2) is 0 Å². The second-order valence-electron chi connectivity index (χ2n) is 2.55. The number of hydrogen-bond acceptors (Lipinski definition) is 0. The van der Waals surface area contributed by atoms with Crippen LogP contribution in [0, 0.1) is 12.0 Å². The van der Waals surface area contributed by atoms with E-state index in [1.807, 2.05) is 0 Å². The van der Waals surface area contributed by atoms with E-state index < -0.39 is 0 Å². The van der Waals surface area contributed by atoms with E-state index in [0.29, 0.717) is 5.92 Å². The van der Waals surface area contributed by atoms with Crippen molar-refractivity contribution in [3.05, 3.63) is 23.8 Å². The van der Waals surface area contributed by atoms with Gasteiger partial charge in [-0.05, 0) is 0 Å². The van der Waals surface area contributed by atoms with Gasteiger partial charge in [0.05, 0.1) is 0 Å². The third kappa shape index (κ3) is 5.43. The van der Waals surface area contributed by atoms with E-state index in [1.165, 1.54) is 12.0 Å². The maximum Gasteiger partial charge on any atom is 0 e. The summed E-state index contributed by atoms with van der Waals surface area (Å²) in [7, 11) is 0. The van der Waals surface area contributed by atoms with Crippen LogP contribution >= 0.6 is 24.8 Å². The third-order valence-electron chi connectivity index (χ3n) is 1.86. The molecule has 3 heteroatoms. The molecule has 1 aliphatic rings. The van der Waals surface area contributed by atoms with Crippen molar-refractivity contribution in [2.45, 2.75) is 26.7 Å². The summed E-state index contributed by atoms with van der Waals surface area (Å²) in [6.07, 6.45) is 9.93. The van der Waals surface area contributed by atoms with Crippen LogP contribution in [0.25, 0.3) is 0 Å². The molecule has 0 spiro atoms. The Balaban J connectivity index is -0.000000270. The van der Waals surface area contributed by atoms with Crippen molar-refractivity contribution in [1.82, 2.24) is 0 Å². The SMILES string of the molecule is CCC(C)C1=[C-]CC=C1.Cl.Cl.[Ti]. The molecule has 0 saturated carbocycles. The minimum absolute atomic E-state index is 0. The average Bonchev–Trinajstić information content (AvgIpc) is 2.37. The first kappa shape index (κ1) is 18.5. The van der Waals surface area contributed by atoms with Crippen LogP contribution in [0.4, 0.5) is 0 Å². The standard InChI is InChI=1S/C9H13.2ClH.Ti/c1-3-8(2)9-6-4-5-7-9;;;/h4,6,8H,3,5H2,1-2H3;2*1H;/q-1;;;. The number of halogens is 2. The second kappa shape index (κ2) is 9.86. The maximum absolute atomic E-state index is 3.31. The number of allylic oxidation sites excluding steroid dienone is 4. The van der Waals surface area contributed by atoms with E-state index in [1.54, 1.807) is 0 Å². The van der Waals surface area contributed by atoms with Gasteiger partial charge in [-0.3, -0.25) is 6.08 Å². The van der Waals surface area contributed by atoms with Gasteiger partial charge >= 0.3 is 0 Å². The monoisotopic (exact) mass is 241 g/mol. The summed E-state index contributed by atoms with van der Waals surface area (Å²) < 4.78 is 0. The van der Waals surface area contributed by atoms with Crippen molar-refractivity contribution in [3.63, 3.8) is 0 Å². The van der Waals surface area contributed by atoms with E-state index in [0.717, 1.165) is 6.42 Å². The molecule has 0 amide bonds. The van der Waals surface area contributed by atoms with Gasteiger partial charge in [-0.1, -0.05) is 26.2 Å². The van der Waals surface area contributed by atoms with Crippen LogP contribution in [0.1, 0.15) is 26.7 Å². The summed E-state index contributed by atoms with van der Waals surface area (Å²) in [5.74, 6) is 0.712. The zero-order valence-electron chi connectivity index (χ0n) is 7.46. The van der Waals surface area contributed by atoms with Crippen molar-refractivity contribution < 1.29 is 21.7 Å². The van der Waals surface area contributed by atoms with Gasteiger partial charge in [0, 0.05) is 21.7 Å². The van der Waals surface area contributed by atoms with Crippen LogP contribution in [0.5, 0.6) is 0 Å². The Morgan fingerprint density at radius 3 is 2.42 bits per heavy atom. The number of rotatable bonds is 2. The summed E-state index contributed by atoms with van der Waals surface area (Å²) >= 11 is 0. The molecule has 0 saturated heterocycles. The smallest absolute Gasteiger partial charge is 0 e. The van der Waals surface area contributed by atoms with Crippen LogP contribution in [0.3, 0.4) is 0 Å². The van der Waals surface area contributed by atoms with Crippen LogP contribution in [-0.2, 0) is 21.7 Å². The molecular weight excluding hydrogens is 227 g/mol. The molecule has 0 bridgehead atoms. The molecular formula is C9H15Cl2Ti-. The Morgan fingerprint density at radius 1 is 1.50 bits per heavy atom. The molecule has 0 aromatic carbocycles. The van der Waals surface area contributed by atoms with E-state index in [2.05, 4.69) is 32.1 Å². The molecule has 0 radical (unpaired) electrons. The molecule has 0 heterocycles. The molecule has 0 aliphatic heterocycles. The van der Waals surface area contributed by atoms with Gasteiger partial charge in [-0.25, -0.2) is 11.6 Å². The van der Waals surface area contributed by atoms with E-state index >= 15 is 0 Å². The summed E-state index contributed by atoms with van der Waals surface area (Å²) in [4.78, 5) is 0. The molecule has 12 heavy (non-hydrogen) atoms. The topological polar surface area (TPSA) is 0 Å². The Morgan fingerprint density at radius 2 is 2.08 bits per heavy atom. The molecule has 70 valence electrons. The Labute approximate surface area is 103 Å². The minimum Gasteiger partial charge on any atom is -0.269 e. The quantitative estimate of drug-likeness (QED) is 0.513. The summed E-state index contributed by atoms with van der Waals surface area (Å²) in [6, 6.07) is 0. The van der Waals surface area contributed by atoms with Crippen LogP contribution in [-0.4, -0.2) is 0 Å². The first-order chi connectivity index (χ1) is 4.34. The van der Waals surface area contributed by atoms with Crippen molar-refractivity contribution in [2.24, 2.45) is 5.92 Å². The molecule has 1 aliphatic carbocycles. The van der Waals surface area contributed by atoms with Crippen molar-refractivity contribution >= 4 is 24.8 Å². The number of hydrogen-bond donors (Lipinski definition) is 0. The van der Waals surface area contributed by atoms with E-state index in [4.69, 9.17) is 0 Å². The molecule has 1 atom stereocenters. The van der Waals surface area contributed by atoms with Gasteiger partial charge in [-0.2, -0.15) is 6.08 Å². The largest absolute Gasteiger partial charge is 0.269 e. The molecule has 0 aromatic rings. The molecule has 1 rings (SSSR count). The fourth-order valence-electron chi connectivity index (χ4n) is 0.980. The third-order valence-corrected chi connectivity index (χ3v) is 1.86. The maximum atomic E-state index is 3.31. The van der Waals surface area contributed by atoms with Crippen LogP contribution in [0.15, 0.2) is 17.7 Å². The second-order valence-corrected chi connectivity index (χ2v) is 2.55. The Bertz CT molecular complexity index is 153. The molecule has 0 fully saturated rings. The Hall–Kier alpha value is 0.774. The van der Waals surface area contributed by atoms with Crippen molar-refractivity contribution in [2.75, 3.05) is 0 Å². The minimum atomic E-state index is 0. The summed E-state index contributed by atoms with van der Waals surface area (Å²) in [6.45, 7) is 4.46. The van der Waals surface area contributed by atoms with Gasteiger partial charge < -0.3 is 0 Å². The fourth-order valence-corrected chi connectivity index (χ4v) is 0.980. The molecule has 0 N–H and O–H groups in total. The first-order valence-corrected chi connectivity index (χ1v) is 3.62. The first-order valence-electron chi connectivity index (χ1n) is 3.62. The van der Waals surface area contributed by atoms with Crippen molar-refractivity contribution in [1.29, 1.82) is 0 Å². The predicted molar refractivity (Wildman–Crippen MR) is 54.5 cm³/mol. The summed E-state index contributed by atoms with van der Waals surface area (Å²) in [5, 5.41) is 0. The average molecular weight is 242 g/mol. The van der Waals surface area contributed by atoms with Gasteiger partial charge in [0.1, 0.15) is 0 Å². The molecule has 0 aromatic heterocycles. The van der Waals surface area contributed by atoms with E-state index in [9.17, 15) is 0 Å². The van der Waals surface area contributed by atoms with Gasteiger partial charge in [0.2, 0.25) is 0 Å². The predicted octanol–water partition coefficient (Wildman–Crippen LogP) is 3.56. The molecule has 1 unspecified atom stereocenters. The van der Waals surface area contributed by atoms with E-state index in [-0.39, 0.29) is 46.5 Å². The fraction of sp³-hybridized carbons (Fsp3) is 0.556. The van der Waals surface area contributed by atoms with Crippen LogP contribution in [0.2, 0.25) is 0 Å². The summed E-state index contributed by atoms with van der Waals surface area (Å²) in [5.41, 5.74) is 1.40. The Kier molecular flexibility index (Phi) is 15.2. The zero-order chi connectivity index (χ0) is 6.69. The van der Waals surface area contributed by atoms with Gasteiger partial charge in [-0.15, -0.1) is 31.2 Å². The molecule has 0 nitrogen and oxygen atoms in total. The normalized spacial score (nSPS) is 15.0. The van der Waals surface area contributed by atoms with Crippen molar-refractivity contribution in [3.8, 4) is 0 Å². The van der Waals surface area contributed by atoms with Crippen LogP contribution < -0.4 is 0 Å².